The second-order valence-corrected chi connectivity index (χ2v) is 6.23. The van der Waals surface area contributed by atoms with Crippen LogP contribution in [-0.4, -0.2) is 34.9 Å². The van der Waals surface area contributed by atoms with Crippen LogP contribution in [0.25, 0.3) is 0 Å². The quantitative estimate of drug-likeness (QED) is 0.902. The van der Waals surface area contributed by atoms with Crippen LogP contribution in [0.5, 0.6) is 0 Å². The van der Waals surface area contributed by atoms with Gasteiger partial charge in [-0.05, 0) is 38.7 Å². The Balaban J connectivity index is 1.71. The molecule has 1 saturated heterocycles. The minimum Gasteiger partial charge on any atom is -0.376 e. The van der Waals surface area contributed by atoms with Crippen molar-refractivity contribution in [2.45, 2.75) is 56.8 Å². The Bertz CT molecular complexity index is 575. The van der Waals surface area contributed by atoms with Gasteiger partial charge < -0.3 is 10.1 Å². The summed E-state index contributed by atoms with van der Waals surface area (Å²) in [5, 5.41) is 6.39. The Morgan fingerprint density at radius 3 is 2.78 bits per heavy atom. The fourth-order valence-corrected chi connectivity index (χ4v) is 2.82. The number of amides is 1. The maximum Gasteiger partial charge on any atom is 0.435 e. The van der Waals surface area contributed by atoms with Crippen LogP contribution in [0, 0.1) is 0 Å². The molecule has 1 aromatic heterocycles. The molecule has 1 amide bonds. The number of nitrogens with zero attached hydrogens (tertiary/aromatic N) is 2. The number of ether oxygens (including phenoxy) is 1. The molecule has 8 heteroatoms. The average molecular weight is 331 g/mol. The molecule has 0 radical (unpaired) electrons. The van der Waals surface area contributed by atoms with Crippen molar-refractivity contribution in [3.63, 3.8) is 0 Å². The van der Waals surface area contributed by atoms with Crippen molar-refractivity contribution < 1.29 is 22.7 Å². The van der Waals surface area contributed by atoms with E-state index >= 15 is 0 Å². The third kappa shape index (κ3) is 3.68. The van der Waals surface area contributed by atoms with Crippen molar-refractivity contribution in [2.24, 2.45) is 0 Å². The first-order chi connectivity index (χ1) is 10.9. The van der Waals surface area contributed by atoms with Crippen molar-refractivity contribution in [3.8, 4) is 0 Å². The van der Waals surface area contributed by atoms with Gasteiger partial charge in [-0.15, -0.1) is 0 Å². The summed E-state index contributed by atoms with van der Waals surface area (Å²) in [5.74, 6) is -0.258. The van der Waals surface area contributed by atoms with Crippen molar-refractivity contribution in [1.82, 2.24) is 15.1 Å². The van der Waals surface area contributed by atoms with Gasteiger partial charge >= 0.3 is 6.18 Å². The summed E-state index contributed by atoms with van der Waals surface area (Å²) in [6.45, 7) is 2.65. The van der Waals surface area contributed by atoms with Gasteiger partial charge in [-0.25, -0.2) is 0 Å². The largest absolute Gasteiger partial charge is 0.435 e. The molecule has 2 fully saturated rings. The van der Waals surface area contributed by atoms with E-state index in [0.717, 1.165) is 31.7 Å². The predicted molar refractivity (Wildman–Crippen MR) is 75.9 cm³/mol. The van der Waals surface area contributed by atoms with Crippen molar-refractivity contribution in [3.05, 3.63) is 17.5 Å². The Kier molecular flexibility index (Phi) is 4.35. The van der Waals surface area contributed by atoms with Crippen LogP contribution in [0.1, 0.15) is 56.0 Å². The van der Waals surface area contributed by atoms with Gasteiger partial charge in [0.2, 0.25) is 5.91 Å². The van der Waals surface area contributed by atoms with E-state index in [2.05, 4.69) is 10.4 Å². The SMILES string of the molecule is CC(C(=O)NCC1CCCO1)n1nc(C(F)(F)F)cc1C1CC1. The first-order valence-corrected chi connectivity index (χ1v) is 7.92. The fraction of sp³-hybridized carbons (Fsp3) is 0.733. The predicted octanol–water partition coefficient (Wildman–Crippen LogP) is 2.64. The third-order valence-electron chi connectivity index (χ3n) is 4.32. The Morgan fingerprint density at radius 2 is 2.22 bits per heavy atom. The molecule has 2 aliphatic rings. The van der Waals surface area contributed by atoms with Gasteiger partial charge in [-0.3, -0.25) is 9.48 Å². The van der Waals surface area contributed by atoms with E-state index < -0.39 is 17.9 Å². The molecule has 0 spiro atoms. The molecule has 23 heavy (non-hydrogen) atoms. The van der Waals surface area contributed by atoms with Crippen LogP contribution < -0.4 is 5.32 Å². The van der Waals surface area contributed by atoms with Crippen LogP contribution in [0.15, 0.2) is 6.07 Å². The topological polar surface area (TPSA) is 56.1 Å². The summed E-state index contributed by atoms with van der Waals surface area (Å²) >= 11 is 0. The highest BCUT2D eigenvalue weighted by Gasteiger charge is 2.39. The third-order valence-corrected chi connectivity index (χ3v) is 4.32. The van der Waals surface area contributed by atoms with Crippen LogP contribution >= 0.6 is 0 Å². The molecule has 2 heterocycles. The molecular weight excluding hydrogens is 311 g/mol. The van der Waals surface area contributed by atoms with Gasteiger partial charge in [-0.1, -0.05) is 0 Å². The maximum atomic E-state index is 12.9. The molecule has 2 atom stereocenters. The number of carbonyl (C=O) groups excluding carboxylic acids is 1. The zero-order chi connectivity index (χ0) is 16.6. The van der Waals surface area contributed by atoms with Crippen molar-refractivity contribution in [2.75, 3.05) is 13.2 Å². The van der Waals surface area contributed by atoms with Gasteiger partial charge in [-0.2, -0.15) is 18.3 Å². The second kappa shape index (κ2) is 6.14. The van der Waals surface area contributed by atoms with Gasteiger partial charge in [0.15, 0.2) is 5.69 Å². The highest BCUT2D eigenvalue weighted by molar-refractivity contribution is 5.79. The van der Waals surface area contributed by atoms with Gasteiger partial charge in [0.25, 0.3) is 0 Å². The summed E-state index contributed by atoms with van der Waals surface area (Å²) < 4.78 is 45.3. The van der Waals surface area contributed by atoms with E-state index in [-0.39, 0.29) is 17.9 Å². The highest BCUT2D eigenvalue weighted by Crippen LogP contribution is 2.42. The maximum absolute atomic E-state index is 12.9. The molecule has 128 valence electrons. The lowest BCUT2D eigenvalue weighted by Crippen LogP contribution is -2.37. The van der Waals surface area contributed by atoms with E-state index in [1.807, 2.05) is 0 Å². The number of aromatic nitrogens is 2. The number of alkyl halides is 3. The van der Waals surface area contributed by atoms with Crippen molar-refractivity contribution in [1.29, 1.82) is 0 Å². The number of nitrogens with one attached hydrogen (secondary N) is 1. The lowest BCUT2D eigenvalue weighted by molar-refractivity contribution is -0.142. The lowest BCUT2D eigenvalue weighted by Gasteiger charge is -2.17. The molecule has 1 aliphatic heterocycles. The number of rotatable bonds is 5. The summed E-state index contributed by atoms with van der Waals surface area (Å²) in [5.41, 5.74) is -0.435. The summed E-state index contributed by atoms with van der Waals surface area (Å²) in [7, 11) is 0. The zero-order valence-electron chi connectivity index (χ0n) is 12.9. The van der Waals surface area contributed by atoms with Crippen LogP contribution in [0.3, 0.4) is 0 Å². The zero-order valence-corrected chi connectivity index (χ0v) is 12.9. The minimum atomic E-state index is -4.50. The average Bonchev–Trinajstić information content (AvgIpc) is 3.03. The molecule has 1 N–H and O–H groups in total. The van der Waals surface area contributed by atoms with E-state index in [0.29, 0.717) is 18.8 Å². The standard InChI is InChI=1S/C15H20F3N3O2/c1-9(14(22)19-8-11-3-2-6-23-11)21-12(10-4-5-10)7-13(20-21)15(16,17)18/h7,9-11H,2-6,8H2,1H3,(H,19,22). The van der Waals surface area contributed by atoms with E-state index in [9.17, 15) is 18.0 Å². The Morgan fingerprint density at radius 1 is 1.48 bits per heavy atom. The number of hydrogen-bond donors (Lipinski definition) is 1. The summed E-state index contributed by atoms with van der Waals surface area (Å²) in [6, 6.07) is 0.296. The van der Waals surface area contributed by atoms with Crippen LogP contribution in [0.2, 0.25) is 0 Å². The molecular formula is C15H20F3N3O2. The second-order valence-electron chi connectivity index (χ2n) is 6.23. The number of halogens is 3. The number of hydrogen-bond acceptors (Lipinski definition) is 3. The summed E-state index contributed by atoms with van der Waals surface area (Å²) in [6.07, 6.45) is -0.959. The molecule has 5 nitrogen and oxygen atoms in total. The lowest BCUT2D eigenvalue weighted by atomic mass is 10.2. The van der Waals surface area contributed by atoms with E-state index in [1.165, 1.54) is 4.68 Å². The first kappa shape index (κ1) is 16.3. The molecule has 3 rings (SSSR count). The molecule has 0 bridgehead atoms. The molecule has 1 aromatic rings. The van der Waals surface area contributed by atoms with E-state index in [1.54, 1.807) is 6.92 Å². The molecule has 1 saturated carbocycles. The number of carbonyl (C=O) groups is 1. The monoisotopic (exact) mass is 331 g/mol. The Labute approximate surface area is 132 Å². The van der Waals surface area contributed by atoms with Crippen LogP contribution in [-0.2, 0) is 15.7 Å². The Hall–Kier alpha value is -1.57. The van der Waals surface area contributed by atoms with Gasteiger partial charge in [0, 0.05) is 24.8 Å². The van der Waals surface area contributed by atoms with E-state index in [4.69, 9.17) is 4.74 Å². The fourth-order valence-electron chi connectivity index (χ4n) is 2.82. The normalized spacial score (nSPS) is 23.0. The molecule has 2 unspecified atom stereocenters. The highest BCUT2D eigenvalue weighted by atomic mass is 19.4. The van der Waals surface area contributed by atoms with Crippen molar-refractivity contribution >= 4 is 5.91 Å². The van der Waals surface area contributed by atoms with Gasteiger partial charge in [0.05, 0.1) is 6.10 Å². The summed E-state index contributed by atoms with van der Waals surface area (Å²) in [4.78, 5) is 12.2. The molecule has 0 aromatic carbocycles. The van der Waals surface area contributed by atoms with Gasteiger partial charge in [0.1, 0.15) is 6.04 Å². The minimum absolute atomic E-state index is 0.00240. The first-order valence-electron chi connectivity index (χ1n) is 7.92. The molecule has 1 aliphatic carbocycles. The smallest absolute Gasteiger partial charge is 0.376 e. The van der Waals surface area contributed by atoms with Crippen LogP contribution in [0.4, 0.5) is 13.2 Å².